The molecule has 0 saturated carbocycles. The molecule has 3 N–H and O–H groups in total. The van der Waals surface area contributed by atoms with E-state index < -0.39 is 0 Å². The van der Waals surface area contributed by atoms with Crippen LogP contribution >= 0.6 is 0 Å². The third-order valence-corrected chi connectivity index (χ3v) is 3.50. The fourth-order valence-corrected chi connectivity index (χ4v) is 2.50. The second-order valence-corrected chi connectivity index (χ2v) is 5.73. The largest absolute Gasteiger partial charge is 0.366 e. The Labute approximate surface area is 129 Å². The quantitative estimate of drug-likeness (QED) is 0.786. The number of nitrogens with zero attached hydrogens (tertiary/aromatic N) is 4. The summed E-state index contributed by atoms with van der Waals surface area (Å²) in [6.45, 7) is 5.98. The Hall–Kier alpha value is -2.46. The lowest BCUT2D eigenvalue weighted by atomic mass is 10.2. The Morgan fingerprint density at radius 2 is 2.27 bits per heavy atom. The van der Waals surface area contributed by atoms with Crippen LogP contribution in [0, 0.1) is 11.3 Å². The minimum atomic E-state index is 0.204. The molecule has 3 rings (SSSR count). The number of nitriles is 1. The Morgan fingerprint density at radius 1 is 1.41 bits per heavy atom. The molecule has 1 saturated heterocycles. The van der Waals surface area contributed by atoms with Gasteiger partial charge in [-0.25, -0.2) is 15.0 Å². The van der Waals surface area contributed by atoms with Crippen molar-refractivity contribution in [3.8, 4) is 6.07 Å². The Bertz CT molecular complexity index is 714. The number of hydrogen-bond donors (Lipinski definition) is 3. The normalized spacial score (nSPS) is 17.6. The minimum absolute atomic E-state index is 0.204. The van der Waals surface area contributed by atoms with Crippen LogP contribution in [0.4, 0.5) is 11.8 Å². The third-order valence-electron chi connectivity index (χ3n) is 3.50. The molecule has 22 heavy (non-hydrogen) atoms. The predicted octanol–water partition coefficient (Wildman–Crippen LogP) is 1.49. The van der Waals surface area contributed by atoms with Gasteiger partial charge in [-0.2, -0.15) is 5.26 Å². The lowest BCUT2D eigenvalue weighted by molar-refractivity contribution is 0.782. The molecule has 0 unspecified atom stereocenters. The van der Waals surface area contributed by atoms with E-state index >= 15 is 0 Å². The van der Waals surface area contributed by atoms with Gasteiger partial charge in [-0.15, -0.1) is 0 Å². The first kappa shape index (κ1) is 14.5. The zero-order chi connectivity index (χ0) is 15.5. The lowest BCUT2D eigenvalue weighted by Crippen LogP contribution is -2.23. The molecule has 1 aliphatic rings. The average Bonchev–Trinajstić information content (AvgIpc) is 3.00. The zero-order valence-corrected chi connectivity index (χ0v) is 12.7. The maximum Gasteiger partial charge on any atom is 0.223 e. The Morgan fingerprint density at radius 3 is 2.95 bits per heavy atom. The van der Waals surface area contributed by atoms with E-state index in [-0.39, 0.29) is 6.04 Å². The maximum atomic E-state index is 9.10. The Kier molecular flexibility index (Phi) is 4.02. The summed E-state index contributed by atoms with van der Waals surface area (Å²) in [5, 5.41) is 19.8. The van der Waals surface area contributed by atoms with Crippen molar-refractivity contribution in [3.63, 3.8) is 0 Å². The highest BCUT2D eigenvalue weighted by Gasteiger charge is 2.16. The number of anilines is 2. The molecule has 0 bridgehead atoms. The van der Waals surface area contributed by atoms with Gasteiger partial charge in [0.2, 0.25) is 5.95 Å². The van der Waals surface area contributed by atoms with E-state index in [1.54, 1.807) is 12.3 Å². The highest BCUT2D eigenvalue weighted by Crippen LogP contribution is 2.22. The average molecular weight is 297 g/mol. The second kappa shape index (κ2) is 6.12. The molecule has 7 heteroatoms. The number of aromatic nitrogens is 3. The maximum absolute atomic E-state index is 9.10. The molecule has 1 aliphatic heterocycles. The van der Waals surface area contributed by atoms with Crippen molar-refractivity contribution in [3.05, 3.63) is 18.0 Å². The fourth-order valence-electron chi connectivity index (χ4n) is 2.50. The number of pyridine rings is 1. The van der Waals surface area contributed by atoms with Gasteiger partial charge >= 0.3 is 0 Å². The summed E-state index contributed by atoms with van der Waals surface area (Å²) in [5.74, 6) is 1.22. The van der Waals surface area contributed by atoms with Gasteiger partial charge in [0, 0.05) is 30.2 Å². The van der Waals surface area contributed by atoms with Crippen molar-refractivity contribution in [2.45, 2.75) is 32.4 Å². The molecule has 7 nitrogen and oxygen atoms in total. The van der Waals surface area contributed by atoms with Crippen LogP contribution in [0.2, 0.25) is 0 Å². The van der Waals surface area contributed by atoms with Crippen molar-refractivity contribution in [2.24, 2.45) is 0 Å². The predicted molar refractivity (Wildman–Crippen MR) is 85.7 cm³/mol. The molecule has 0 aromatic carbocycles. The van der Waals surface area contributed by atoms with E-state index in [9.17, 15) is 0 Å². The van der Waals surface area contributed by atoms with Crippen LogP contribution in [-0.2, 0) is 0 Å². The van der Waals surface area contributed by atoms with E-state index in [4.69, 9.17) is 5.26 Å². The summed E-state index contributed by atoms with van der Waals surface area (Å²) >= 11 is 0. The second-order valence-electron chi connectivity index (χ2n) is 5.73. The van der Waals surface area contributed by atoms with Gasteiger partial charge in [0.15, 0.2) is 5.82 Å². The standard InChI is InChI=1S/C15H19N7/c1-9(2)19-14-13-10(5-12(6-16)20-14)7-18-15(22-13)21-11-3-4-17-8-11/h5,7,9,11,17H,3-4,8H2,1-2H3,(H,19,20)(H,18,21,22)/t11-/m1/s1. The van der Waals surface area contributed by atoms with Crippen LogP contribution in [-0.4, -0.2) is 40.1 Å². The van der Waals surface area contributed by atoms with E-state index in [2.05, 4.69) is 37.0 Å². The number of rotatable bonds is 4. The first-order chi connectivity index (χ1) is 10.7. The molecule has 0 amide bonds. The van der Waals surface area contributed by atoms with Crippen LogP contribution in [0.1, 0.15) is 26.0 Å². The van der Waals surface area contributed by atoms with Gasteiger partial charge in [-0.05, 0) is 32.9 Å². The summed E-state index contributed by atoms with van der Waals surface area (Å²) in [6, 6.07) is 4.34. The number of fused-ring (bicyclic) bond motifs is 1. The molecule has 2 aromatic heterocycles. The highest BCUT2D eigenvalue weighted by atomic mass is 15.2. The van der Waals surface area contributed by atoms with Crippen molar-refractivity contribution in [2.75, 3.05) is 23.7 Å². The van der Waals surface area contributed by atoms with Gasteiger partial charge < -0.3 is 16.0 Å². The van der Waals surface area contributed by atoms with Gasteiger partial charge in [0.25, 0.3) is 0 Å². The van der Waals surface area contributed by atoms with Crippen LogP contribution in [0.3, 0.4) is 0 Å². The highest BCUT2D eigenvalue weighted by molar-refractivity contribution is 5.89. The number of nitrogens with one attached hydrogen (secondary N) is 3. The first-order valence-electron chi connectivity index (χ1n) is 7.47. The zero-order valence-electron chi connectivity index (χ0n) is 12.7. The monoisotopic (exact) mass is 297 g/mol. The molecule has 0 aliphatic carbocycles. The van der Waals surface area contributed by atoms with Gasteiger partial charge in [-0.3, -0.25) is 0 Å². The van der Waals surface area contributed by atoms with E-state index in [1.807, 2.05) is 13.8 Å². The van der Waals surface area contributed by atoms with Crippen LogP contribution in [0.25, 0.3) is 10.9 Å². The topological polar surface area (TPSA) is 98.5 Å². The first-order valence-corrected chi connectivity index (χ1v) is 7.47. The SMILES string of the molecule is CC(C)Nc1nc(C#N)cc2cnc(N[C@@H]3CCNC3)nc12. The van der Waals surface area contributed by atoms with Crippen molar-refractivity contribution in [1.82, 2.24) is 20.3 Å². The molecule has 0 spiro atoms. The van der Waals surface area contributed by atoms with Gasteiger partial charge in [0.05, 0.1) is 0 Å². The summed E-state index contributed by atoms with van der Waals surface area (Å²) in [7, 11) is 0. The van der Waals surface area contributed by atoms with E-state index in [0.717, 1.165) is 30.4 Å². The Balaban J connectivity index is 1.99. The molecular weight excluding hydrogens is 278 g/mol. The summed E-state index contributed by atoms with van der Waals surface area (Å²) in [5.41, 5.74) is 1.09. The summed E-state index contributed by atoms with van der Waals surface area (Å²) < 4.78 is 0. The minimum Gasteiger partial charge on any atom is -0.366 e. The smallest absolute Gasteiger partial charge is 0.223 e. The van der Waals surface area contributed by atoms with Gasteiger partial charge in [0.1, 0.15) is 17.3 Å². The summed E-state index contributed by atoms with van der Waals surface area (Å²) in [6.07, 6.45) is 2.80. The lowest BCUT2D eigenvalue weighted by Gasteiger charge is -2.14. The third kappa shape index (κ3) is 3.07. The summed E-state index contributed by atoms with van der Waals surface area (Å²) in [4.78, 5) is 13.3. The van der Waals surface area contributed by atoms with E-state index in [1.165, 1.54) is 0 Å². The molecule has 114 valence electrons. The van der Waals surface area contributed by atoms with E-state index in [0.29, 0.717) is 23.5 Å². The van der Waals surface area contributed by atoms with Crippen molar-refractivity contribution < 1.29 is 0 Å². The van der Waals surface area contributed by atoms with Gasteiger partial charge in [-0.1, -0.05) is 0 Å². The molecule has 2 aromatic rings. The number of hydrogen-bond acceptors (Lipinski definition) is 7. The molecular formula is C15H19N7. The molecule has 3 heterocycles. The van der Waals surface area contributed by atoms with Crippen LogP contribution in [0.5, 0.6) is 0 Å². The molecule has 1 atom stereocenters. The molecule has 0 radical (unpaired) electrons. The molecule has 1 fully saturated rings. The van der Waals surface area contributed by atoms with Crippen LogP contribution in [0.15, 0.2) is 12.3 Å². The van der Waals surface area contributed by atoms with Crippen molar-refractivity contribution in [1.29, 1.82) is 5.26 Å². The van der Waals surface area contributed by atoms with Crippen LogP contribution < -0.4 is 16.0 Å². The fraction of sp³-hybridized carbons (Fsp3) is 0.467. The van der Waals surface area contributed by atoms with Crippen molar-refractivity contribution >= 4 is 22.7 Å².